The van der Waals surface area contributed by atoms with Crippen LogP contribution < -0.4 is 5.32 Å². The van der Waals surface area contributed by atoms with Gasteiger partial charge in [-0.05, 0) is 31.8 Å². The zero-order chi connectivity index (χ0) is 21.4. The monoisotopic (exact) mass is 420 g/mol. The standard InChI is InChI=1S/C21H24N8O2/c1-22-18-9-17-16(11-23-18)21(13-10-24-28(2)12-13)27-29(17)14-3-5-15(6-4-14)31-20-8-7-19(30)25-26-20/h7-12,14-15,20H,3-6H2,1-2H3,(H,22,23). The number of hydrogen-bond acceptors (Lipinski definition) is 7. The van der Waals surface area contributed by atoms with E-state index in [1.54, 1.807) is 10.8 Å². The summed E-state index contributed by atoms with van der Waals surface area (Å²) < 4.78 is 9.92. The molecule has 1 aliphatic carbocycles. The molecule has 0 bridgehead atoms. The Bertz CT molecular complexity index is 1150. The van der Waals surface area contributed by atoms with Crippen LogP contribution in [-0.2, 0) is 16.6 Å². The Balaban J connectivity index is 1.38. The molecular formula is C21H24N8O2. The van der Waals surface area contributed by atoms with Crippen LogP contribution in [0.5, 0.6) is 0 Å². The van der Waals surface area contributed by atoms with E-state index in [9.17, 15) is 4.79 Å². The molecule has 0 aromatic carbocycles. The predicted octanol–water partition coefficient (Wildman–Crippen LogP) is 3.25. The highest BCUT2D eigenvalue weighted by atomic mass is 16.5. The van der Waals surface area contributed by atoms with Gasteiger partial charge in [0.1, 0.15) is 11.5 Å². The minimum atomic E-state index is -0.466. The van der Waals surface area contributed by atoms with Gasteiger partial charge in [-0.2, -0.15) is 10.2 Å². The summed E-state index contributed by atoms with van der Waals surface area (Å²) in [5, 5.41) is 20.9. The lowest BCUT2D eigenvalue weighted by molar-refractivity contribution is -0.115. The van der Waals surface area contributed by atoms with Crippen molar-refractivity contribution in [3.63, 3.8) is 0 Å². The number of rotatable bonds is 5. The molecule has 10 nitrogen and oxygen atoms in total. The molecule has 1 saturated carbocycles. The van der Waals surface area contributed by atoms with Crippen LogP contribution in [0.15, 0.2) is 47.0 Å². The van der Waals surface area contributed by atoms with Crippen molar-refractivity contribution in [1.82, 2.24) is 24.5 Å². The van der Waals surface area contributed by atoms with E-state index in [0.717, 1.165) is 53.7 Å². The molecule has 160 valence electrons. The molecule has 0 saturated heterocycles. The fraction of sp³-hybridized carbons (Fsp3) is 0.429. The van der Waals surface area contributed by atoms with Gasteiger partial charge in [-0.25, -0.2) is 4.98 Å². The minimum absolute atomic E-state index is 0.0900. The predicted molar refractivity (Wildman–Crippen MR) is 114 cm³/mol. The number of hydrogen-bond donors (Lipinski definition) is 1. The number of nitrogens with zero attached hydrogens (tertiary/aromatic N) is 7. The molecule has 1 fully saturated rings. The van der Waals surface area contributed by atoms with E-state index in [1.807, 2.05) is 32.7 Å². The normalized spacial score (nSPS) is 23.5. The first-order valence-electron chi connectivity index (χ1n) is 10.4. The van der Waals surface area contributed by atoms with Gasteiger partial charge < -0.3 is 10.1 Å². The molecule has 2 aliphatic rings. The van der Waals surface area contributed by atoms with Gasteiger partial charge in [0.05, 0.1) is 23.9 Å². The number of anilines is 1. The zero-order valence-corrected chi connectivity index (χ0v) is 17.5. The van der Waals surface area contributed by atoms with Gasteiger partial charge in [0.15, 0.2) is 6.23 Å². The number of carbonyl (C=O) groups excluding carboxylic acids is 1. The Hall–Kier alpha value is -3.40. The zero-order valence-electron chi connectivity index (χ0n) is 17.5. The van der Waals surface area contributed by atoms with Crippen molar-refractivity contribution in [3.8, 4) is 11.3 Å². The van der Waals surface area contributed by atoms with E-state index >= 15 is 0 Å². The highest BCUT2D eigenvalue weighted by Crippen LogP contribution is 2.36. The average Bonchev–Trinajstić information content (AvgIpc) is 3.39. The maximum Gasteiger partial charge on any atom is 0.287 e. The number of amides is 1. The van der Waals surface area contributed by atoms with Crippen LogP contribution in [0, 0.1) is 0 Å². The quantitative estimate of drug-likeness (QED) is 0.678. The molecule has 3 aromatic rings. The highest BCUT2D eigenvalue weighted by molar-refractivity contribution is 5.93. The van der Waals surface area contributed by atoms with E-state index in [1.165, 1.54) is 6.08 Å². The van der Waals surface area contributed by atoms with E-state index in [-0.39, 0.29) is 18.1 Å². The van der Waals surface area contributed by atoms with Crippen LogP contribution in [0.25, 0.3) is 22.2 Å². The van der Waals surface area contributed by atoms with Crippen LogP contribution in [0.1, 0.15) is 31.7 Å². The van der Waals surface area contributed by atoms with Crippen molar-refractivity contribution in [2.45, 2.75) is 44.1 Å². The molecule has 1 atom stereocenters. The number of aromatic nitrogens is 5. The number of nitrogens with one attached hydrogen (secondary N) is 1. The summed E-state index contributed by atoms with van der Waals surface area (Å²) in [6, 6.07) is 2.32. The number of azo groups is 1. The van der Waals surface area contributed by atoms with Gasteiger partial charge in [-0.1, -0.05) is 0 Å². The van der Waals surface area contributed by atoms with Crippen molar-refractivity contribution < 1.29 is 9.53 Å². The molecule has 31 heavy (non-hydrogen) atoms. The second kappa shape index (κ2) is 8.03. The third-order valence-electron chi connectivity index (χ3n) is 5.82. The summed E-state index contributed by atoms with van der Waals surface area (Å²) in [5.74, 6) is 0.473. The van der Waals surface area contributed by atoms with Crippen LogP contribution in [0.2, 0.25) is 0 Å². The van der Waals surface area contributed by atoms with Gasteiger partial charge in [0, 0.05) is 49.6 Å². The van der Waals surface area contributed by atoms with E-state index in [0.29, 0.717) is 0 Å². The molecule has 1 N–H and O–H groups in total. The summed E-state index contributed by atoms with van der Waals surface area (Å²) in [5.41, 5.74) is 2.94. The van der Waals surface area contributed by atoms with Crippen LogP contribution >= 0.6 is 0 Å². The molecule has 0 spiro atoms. The van der Waals surface area contributed by atoms with E-state index in [2.05, 4.69) is 36.4 Å². The first-order valence-corrected chi connectivity index (χ1v) is 10.4. The van der Waals surface area contributed by atoms with Crippen LogP contribution in [0.3, 0.4) is 0 Å². The van der Waals surface area contributed by atoms with Gasteiger partial charge in [-0.3, -0.25) is 14.2 Å². The number of carbonyl (C=O) groups is 1. The lowest BCUT2D eigenvalue weighted by Crippen LogP contribution is -2.27. The van der Waals surface area contributed by atoms with Crippen LogP contribution in [0.4, 0.5) is 5.82 Å². The average molecular weight is 420 g/mol. The Labute approximate surface area is 179 Å². The third kappa shape index (κ3) is 3.86. The maximum atomic E-state index is 11.1. The number of aryl methyl sites for hydroxylation is 1. The molecule has 0 radical (unpaired) electrons. The summed E-state index contributed by atoms with van der Waals surface area (Å²) >= 11 is 0. The number of pyridine rings is 1. The summed E-state index contributed by atoms with van der Waals surface area (Å²) in [4.78, 5) is 15.6. The Morgan fingerprint density at radius 3 is 2.71 bits per heavy atom. The highest BCUT2D eigenvalue weighted by Gasteiger charge is 2.28. The Kier molecular flexibility index (Phi) is 5.06. The molecule has 1 unspecified atom stereocenters. The number of ether oxygens (including phenoxy) is 1. The van der Waals surface area contributed by atoms with Crippen LogP contribution in [-0.4, -0.2) is 49.8 Å². The molecule has 10 heteroatoms. The lowest BCUT2D eigenvalue weighted by Gasteiger charge is -2.30. The van der Waals surface area contributed by atoms with Gasteiger partial charge >= 0.3 is 0 Å². The van der Waals surface area contributed by atoms with E-state index < -0.39 is 6.23 Å². The van der Waals surface area contributed by atoms with Gasteiger partial charge in [0.25, 0.3) is 5.91 Å². The number of fused-ring (bicyclic) bond motifs is 1. The van der Waals surface area contributed by atoms with Crippen molar-refractivity contribution in [2.75, 3.05) is 12.4 Å². The molecular weight excluding hydrogens is 396 g/mol. The summed E-state index contributed by atoms with van der Waals surface area (Å²) in [6.45, 7) is 0. The lowest BCUT2D eigenvalue weighted by atomic mass is 9.93. The SMILES string of the molecule is CNc1cc2c(cn1)c(-c1cnn(C)c1)nn2C1CCC(OC2C=CC(=O)N=N2)CC1. The molecule has 3 aromatic heterocycles. The second-order valence-electron chi connectivity index (χ2n) is 7.90. The largest absolute Gasteiger partial charge is 0.373 e. The van der Waals surface area contributed by atoms with Crippen molar-refractivity contribution >= 4 is 22.6 Å². The summed E-state index contributed by atoms with van der Waals surface area (Å²) in [7, 11) is 3.77. The summed E-state index contributed by atoms with van der Waals surface area (Å²) in [6.07, 6.45) is 12.1. The molecule has 5 rings (SSSR count). The second-order valence-corrected chi connectivity index (χ2v) is 7.90. The van der Waals surface area contributed by atoms with Crippen molar-refractivity contribution in [2.24, 2.45) is 17.3 Å². The molecule has 4 heterocycles. The smallest absolute Gasteiger partial charge is 0.287 e. The fourth-order valence-corrected chi connectivity index (χ4v) is 4.25. The molecule has 1 amide bonds. The van der Waals surface area contributed by atoms with Gasteiger partial charge in [0.2, 0.25) is 0 Å². The Morgan fingerprint density at radius 2 is 2.03 bits per heavy atom. The van der Waals surface area contributed by atoms with Crippen molar-refractivity contribution in [1.29, 1.82) is 0 Å². The maximum absolute atomic E-state index is 11.1. The van der Waals surface area contributed by atoms with Gasteiger partial charge in [-0.15, -0.1) is 10.2 Å². The fourth-order valence-electron chi connectivity index (χ4n) is 4.25. The topological polar surface area (TPSA) is 112 Å². The minimum Gasteiger partial charge on any atom is -0.373 e. The first-order chi connectivity index (χ1) is 15.1. The Morgan fingerprint density at radius 1 is 1.19 bits per heavy atom. The van der Waals surface area contributed by atoms with E-state index in [4.69, 9.17) is 9.84 Å². The third-order valence-corrected chi connectivity index (χ3v) is 5.82. The van der Waals surface area contributed by atoms with Crippen molar-refractivity contribution in [3.05, 3.63) is 36.8 Å². The first kappa shape index (κ1) is 19.6. The molecule has 1 aliphatic heterocycles.